The third-order valence-electron chi connectivity index (χ3n) is 4.61. The van der Waals surface area contributed by atoms with Crippen LogP contribution in [0.1, 0.15) is 44.2 Å². The minimum Gasteiger partial charge on any atom is -0.444 e. The first-order valence-electron chi connectivity index (χ1n) is 8.29. The maximum Gasteiger partial charge on any atom is 0.415 e. The number of ether oxygens (including phenoxy) is 1. The van der Waals surface area contributed by atoms with Crippen molar-refractivity contribution in [2.75, 3.05) is 4.90 Å². The average molecular weight is 467 g/mol. The average Bonchev–Trinajstić information content (AvgIpc) is 2.54. The molecule has 132 valence electrons. The van der Waals surface area contributed by atoms with Crippen LogP contribution in [0.5, 0.6) is 0 Å². The molecule has 0 N–H and O–H groups in total. The van der Waals surface area contributed by atoms with E-state index in [2.05, 4.69) is 58.7 Å². The van der Waals surface area contributed by atoms with Gasteiger partial charge in [-0.3, -0.25) is 4.90 Å². The second-order valence-electron chi connectivity index (χ2n) is 7.12. The minimum atomic E-state index is -0.323. The molecule has 0 aliphatic carbocycles. The monoisotopic (exact) mass is 465 g/mol. The van der Waals surface area contributed by atoms with Crippen molar-refractivity contribution in [2.24, 2.45) is 0 Å². The largest absolute Gasteiger partial charge is 0.444 e. The van der Waals surface area contributed by atoms with Crippen LogP contribution in [0.25, 0.3) is 0 Å². The van der Waals surface area contributed by atoms with Crippen molar-refractivity contribution in [3.05, 3.63) is 62.5 Å². The summed E-state index contributed by atoms with van der Waals surface area (Å²) in [6.07, 6.45) is 0.564. The quantitative estimate of drug-likeness (QED) is 0.496. The second kappa shape index (κ2) is 7.12. The van der Waals surface area contributed by atoms with Gasteiger partial charge in [0, 0.05) is 14.5 Å². The summed E-state index contributed by atoms with van der Waals surface area (Å²) < 4.78 is 7.53. The second-order valence-corrected chi connectivity index (χ2v) is 8.89. The SMILES string of the molecule is CC1CC(C)(C)N(C(=O)OCc2ccccc2)c2c(Br)cc(Br)cc21. The number of nitrogens with zero attached hydrogens (tertiary/aromatic N) is 1. The fourth-order valence-electron chi connectivity index (χ4n) is 3.57. The van der Waals surface area contributed by atoms with Crippen LogP contribution in [0.3, 0.4) is 0 Å². The van der Waals surface area contributed by atoms with Crippen molar-refractivity contribution in [1.29, 1.82) is 0 Å². The number of carbonyl (C=O) groups is 1. The van der Waals surface area contributed by atoms with E-state index in [4.69, 9.17) is 4.74 Å². The summed E-state index contributed by atoms with van der Waals surface area (Å²) in [6.45, 7) is 6.65. The summed E-state index contributed by atoms with van der Waals surface area (Å²) in [5, 5.41) is 0. The van der Waals surface area contributed by atoms with E-state index in [9.17, 15) is 4.79 Å². The first-order valence-corrected chi connectivity index (χ1v) is 9.88. The van der Waals surface area contributed by atoms with E-state index in [1.807, 2.05) is 36.4 Å². The molecule has 5 heteroatoms. The lowest BCUT2D eigenvalue weighted by molar-refractivity contribution is 0.138. The fraction of sp³-hybridized carbons (Fsp3) is 0.350. The van der Waals surface area contributed by atoms with Crippen molar-refractivity contribution in [1.82, 2.24) is 0 Å². The molecule has 3 nitrogen and oxygen atoms in total. The number of fused-ring (bicyclic) bond motifs is 1. The van der Waals surface area contributed by atoms with Gasteiger partial charge in [0.2, 0.25) is 0 Å². The summed E-state index contributed by atoms with van der Waals surface area (Å²) >= 11 is 7.19. The van der Waals surface area contributed by atoms with E-state index < -0.39 is 0 Å². The lowest BCUT2D eigenvalue weighted by Gasteiger charge is -2.45. The van der Waals surface area contributed by atoms with Crippen LogP contribution >= 0.6 is 31.9 Å². The molecule has 0 spiro atoms. The Balaban J connectivity index is 1.94. The van der Waals surface area contributed by atoms with Crippen LogP contribution in [0, 0.1) is 0 Å². The first kappa shape index (κ1) is 18.5. The molecule has 2 aromatic rings. The Bertz CT molecular complexity index is 790. The van der Waals surface area contributed by atoms with Gasteiger partial charge in [-0.1, -0.05) is 53.2 Å². The van der Waals surface area contributed by atoms with Crippen molar-refractivity contribution < 1.29 is 9.53 Å². The number of halogens is 2. The molecular formula is C20H21Br2NO2. The van der Waals surface area contributed by atoms with Crippen LogP contribution in [0.2, 0.25) is 0 Å². The lowest BCUT2D eigenvalue weighted by atomic mass is 9.80. The summed E-state index contributed by atoms with van der Waals surface area (Å²) in [5.41, 5.74) is 2.72. The van der Waals surface area contributed by atoms with Crippen LogP contribution in [0.4, 0.5) is 10.5 Å². The Morgan fingerprint density at radius 1 is 1.24 bits per heavy atom. The van der Waals surface area contributed by atoms with E-state index in [1.165, 1.54) is 0 Å². The Hall–Kier alpha value is -1.33. The van der Waals surface area contributed by atoms with Crippen molar-refractivity contribution in [2.45, 2.75) is 45.3 Å². The van der Waals surface area contributed by atoms with Gasteiger partial charge in [0.15, 0.2) is 0 Å². The summed E-state index contributed by atoms with van der Waals surface area (Å²) in [7, 11) is 0. The van der Waals surface area contributed by atoms with Crippen LogP contribution < -0.4 is 4.90 Å². The zero-order valence-corrected chi connectivity index (χ0v) is 17.7. The zero-order valence-electron chi connectivity index (χ0n) is 14.6. The normalized spacial score (nSPS) is 18.6. The van der Waals surface area contributed by atoms with E-state index in [0.29, 0.717) is 5.92 Å². The van der Waals surface area contributed by atoms with Gasteiger partial charge in [-0.25, -0.2) is 4.79 Å². The highest BCUT2D eigenvalue weighted by Gasteiger charge is 2.42. The molecule has 3 rings (SSSR count). The maximum atomic E-state index is 13.0. The van der Waals surface area contributed by atoms with E-state index in [1.54, 1.807) is 4.90 Å². The topological polar surface area (TPSA) is 29.5 Å². The highest BCUT2D eigenvalue weighted by molar-refractivity contribution is 9.11. The molecule has 0 radical (unpaired) electrons. The van der Waals surface area contributed by atoms with Crippen LogP contribution in [-0.2, 0) is 11.3 Å². The molecule has 0 aromatic heterocycles. The molecule has 25 heavy (non-hydrogen) atoms. The molecule has 1 amide bonds. The summed E-state index contributed by atoms with van der Waals surface area (Å²) in [4.78, 5) is 14.8. The molecule has 2 aromatic carbocycles. The molecule has 0 saturated heterocycles. The Morgan fingerprint density at radius 2 is 1.92 bits per heavy atom. The molecule has 0 fully saturated rings. The molecule has 1 aliphatic rings. The number of anilines is 1. The van der Waals surface area contributed by atoms with Crippen LogP contribution in [0.15, 0.2) is 51.4 Å². The van der Waals surface area contributed by atoms with Gasteiger partial charge in [0.1, 0.15) is 6.61 Å². The van der Waals surface area contributed by atoms with Crippen molar-refractivity contribution in [3.63, 3.8) is 0 Å². The standard InChI is InChI=1S/C20H21Br2NO2/c1-13-11-20(2,3)23(18-16(13)9-15(21)10-17(18)22)19(24)25-12-14-7-5-4-6-8-14/h4-10,13H,11-12H2,1-3H3. The predicted molar refractivity (Wildman–Crippen MR) is 108 cm³/mol. The summed E-state index contributed by atoms with van der Waals surface area (Å²) in [5.74, 6) is 0.358. The Morgan fingerprint density at radius 3 is 2.60 bits per heavy atom. The lowest BCUT2D eigenvalue weighted by Crippen LogP contribution is -2.52. The third-order valence-corrected chi connectivity index (χ3v) is 5.67. The van der Waals surface area contributed by atoms with E-state index >= 15 is 0 Å². The van der Waals surface area contributed by atoms with Gasteiger partial charge in [0.25, 0.3) is 0 Å². The van der Waals surface area contributed by atoms with Crippen molar-refractivity contribution in [3.8, 4) is 0 Å². The molecule has 1 atom stereocenters. The number of rotatable bonds is 2. The van der Waals surface area contributed by atoms with Gasteiger partial charge < -0.3 is 4.74 Å². The highest BCUT2D eigenvalue weighted by Crippen LogP contribution is 2.48. The fourth-order valence-corrected chi connectivity index (χ4v) is 5.01. The molecule has 0 saturated carbocycles. The highest BCUT2D eigenvalue weighted by atomic mass is 79.9. The van der Waals surface area contributed by atoms with Gasteiger partial charge in [-0.2, -0.15) is 0 Å². The van der Waals surface area contributed by atoms with E-state index in [0.717, 1.165) is 32.2 Å². The van der Waals surface area contributed by atoms with Gasteiger partial charge in [-0.15, -0.1) is 0 Å². The zero-order chi connectivity index (χ0) is 18.2. The molecule has 1 unspecified atom stereocenters. The molecular weight excluding hydrogens is 446 g/mol. The first-order chi connectivity index (χ1) is 11.8. The van der Waals surface area contributed by atoms with Gasteiger partial charge in [0.05, 0.1) is 5.69 Å². The Labute approximate surface area is 165 Å². The predicted octanol–water partition coefficient (Wildman–Crippen LogP) is 6.64. The number of hydrogen-bond donors (Lipinski definition) is 0. The number of amides is 1. The molecule has 0 bridgehead atoms. The smallest absolute Gasteiger partial charge is 0.415 e. The Kier molecular flexibility index (Phi) is 5.26. The van der Waals surface area contributed by atoms with Crippen LogP contribution in [-0.4, -0.2) is 11.6 Å². The third kappa shape index (κ3) is 3.77. The number of carbonyl (C=O) groups excluding carboxylic acids is 1. The van der Waals surface area contributed by atoms with Crippen molar-refractivity contribution >= 4 is 43.6 Å². The van der Waals surface area contributed by atoms with E-state index in [-0.39, 0.29) is 18.2 Å². The molecule has 1 aliphatic heterocycles. The minimum absolute atomic E-state index is 0.269. The van der Waals surface area contributed by atoms with Gasteiger partial charge in [-0.05, 0) is 65.4 Å². The molecule has 1 heterocycles. The summed E-state index contributed by atoms with van der Waals surface area (Å²) in [6, 6.07) is 13.8. The number of benzene rings is 2. The van der Waals surface area contributed by atoms with Gasteiger partial charge >= 0.3 is 6.09 Å². The number of hydrogen-bond acceptors (Lipinski definition) is 2. The maximum absolute atomic E-state index is 13.0.